The third kappa shape index (κ3) is 4.43. The first-order valence-corrected chi connectivity index (χ1v) is 7.93. The van der Waals surface area contributed by atoms with Gasteiger partial charge in [-0.15, -0.1) is 12.4 Å². The number of imidazole rings is 1. The number of benzene rings is 1. The quantitative estimate of drug-likeness (QED) is 0.866. The number of rotatable bonds is 5. The number of amides is 1. The van der Waals surface area contributed by atoms with Gasteiger partial charge in [-0.2, -0.15) is 0 Å². The number of piperazine rings is 1. The lowest BCUT2D eigenvalue weighted by Crippen LogP contribution is -2.50. The number of nitrogens with one attached hydrogen (secondary N) is 1. The fraction of sp³-hybridized carbons (Fsp3) is 0.412. The van der Waals surface area contributed by atoms with Gasteiger partial charge in [-0.25, -0.2) is 4.98 Å². The van der Waals surface area contributed by atoms with E-state index in [9.17, 15) is 4.79 Å². The van der Waals surface area contributed by atoms with Crippen LogP contribution in [0.15, 0.2) is 36.7 Å². The molecule has 1 fully saturated rings. The lowest BCUT2D eigenvalue weighted by atomic mass is 10.1. The van der Waals surface area contributed by atoms with Gasteiger partial charge in [0.1, 0.15) is 23.4 Å². The van der Waals surface area contributed by atoms with Gasteiger partial charge in [-0.05, 0) is 12.1 Å². The maximum absolute atomic E-state index is 12.6. The van der Waals surface area contributed by atoms with Crippen LogP contribution in [0.2, 0.25) is 0 Å². The van der Waals surface area contributed by atoms with E-state index in [1.54, 1.807) is 19.4 Å². The molecule has 1 aromatic carbocycles. The summed E-state index contributed by atoms with van der Waals surface area (Å²) in [6.07, 6.45) is 3.64. The Morgan fingerprint density at radius 2 is 2.20 bits per heavy atom. The summed E-state index contributed by atoms with van der Waals surface area (Å²) in [5.41, 5.74) is 0. The summed E-state index contributed by atoms with van der Waals surface area (Å²) in [6.45, 7) is 2.09. The zero-order chi connectivity index (χ0) is 16.9. The highest BCUT2D eigenvalue weighted by Gasteiger charge is 2.30. The lowest BCUT2D eigenvalue weighted by molar-refractivity contribution is -0.137. The number of carbonyl (C=O) groups excluding carboxylic acids is 1. The monoisotopic (exact) mass is 366 g/mol. The molecular formula is C17H23ClN4O3. The van der Waals surface area contributed by atoms with Gasteiger partial charge in [0.2, 0.25) is 0 Å². The van der Waals surface area contributed by atoms with Crippen molar-refractivity contribution in [2.75, 3.05) is 33.4 Å². The van der Waals surface area contributed by atoms with Crippen LogP contribution in [0.4, 0.5) is 0 Å². The van der Waals surface area contributed by atoms with Crippen LogP contribution in [-0.4, -0.2) is 53.7 Å². The van der Waals surface area contributed by atoms with E-state index < -0.39 is 0 Å². The van der Waals surface area contributed by atoms with Crippen LogP contribution in [0.1, 0.15) is 11.9 Å². The molecule has 1 unspecified atom stereocenters. The third-order valence-electron chi connectivity index (χ3n) is 4.12. The second-order valence-corrected chi connectivity index (χ2v) is 5.67. The van der Waals surface area contributed by atoms with Gasteiger partial charge in [0.05, 0.1) is 7.11 Å². The summed E-state index contributed by atoms with van der Waals surface area (Å²) in [5, 5.41) is 3.32. The maximum atomic E-state index is 12.6. The second kappa shape index (κ2) is 8.73. The zero-order valence-corrected chi connectivity index (χ0v) is 15.2. The molecule has 1 saturated heterocycles. The van der Waals surface area contributed by atoms with E-state index in [2.05, 4.69) is 10.3 Å². The van der Waals surface area contributed by atoms with Crippen molar-refractivity contribution in [3.8, 4) is 11.5 Å². The fourth-order valence-corrected chi connectivity index (χ4v) is 2.85. The van der Waals surface area contributed by atoms with Crippen molar-refractivity contribution in [3.05, 3.63) is 42.5 Å². The molecule has 0 radical (unpaired) electrons. The lowest BCUT2D eigenvalue weighted by Gasteiger charge is -2.35. The van der Waals surface area contributed by atoms with Crippen molar-refractivity contribution < 1.29 is 14.3 Å². The Bertz CT molecular complexity index is 707. The molecule has 0 aliphatic carbocycles. The van der Waals surface area contributed by atoms with Gasteiger partial charge in [-0.1, -0.05) is 6.07 Å². The first-order chi connectivity index (χ1) is 11.7. The predicted octanol–water partition coefficient (Wildman–Crippen LogP) is 1.40. The maximum Gasteiger partial charge on any atom is 0.261 e. The minimum absolute atomic E-state index is 0. The molecule has 0 spiro atoms. The van der Waals surface area contributed by atoms with Gasteiger partial charge >= 0.3 is 0 Å². The van der Waals surface area contributed by atoms with Crippen LogP contribution in [-0.2, 0) is 11.8 Å². The summed E-state index contributed by atoms with van der Waals surface area (Å²) >= 11 is 0. The van der Waals surface area contributed by atoms with Gasteiger partial charge in [0.25, 0.3) is 5.91 Å². The Balaban J connectivity index is 0.00000225. The smallest absolute Gasteiger partial charge is 0.261 e. The Kier molecular flexibility index (Phi) is 6.66. The molecule has 0 saturated carbocycles. The highest BCUT2D eigenvalue weighted by molar-refractivity contribution is 5.85. The average molecular weight is 367 g/mol. The van der Waals surface area contributed by atoms with Crippen molar-refractivity contribution in [1.82, 2.24) is 19.8 Å². The summed E-state index contributed by atoms with van der Waals surface area (Å²) in [4.78, 5) is 18.9. The van der Waals surface area contributed by atoms with E-state index in [1.807, 2.05) is 40.9 Å². The predicted molar refractivity (Wildman–Crippen MR) is 96.3 cm³/mol. The van der Waals surface area contributed by atoms with Crippen LogP contribution in [0.3, 0.4) is 0 Å². The minimum Gasteiger partial charge on any atom is -0.497 e. The van der Waals surface area contributed by atoms with Crippen LogP contribution in [0, 0.1) is 0 Å². The number of aryl methyl sites for hydroxylation is 1. The van der Waals surface area contributed by atoms with E-state index in [0.29, 0.717) is 24.6 Å². The Morgan fingerprint density at radius 1 is 1.40 bits per heavy atom. The Labute approximate surface area is 153 Å². The molecular weight excluding hydrogens is 344 g/mol. The molecule has 8 heteroatoms. The third-order valence-corrected chi connectivity index (χ3v) is 4.12. The number of hydrogen-bond donors (Lipinski definition) is 1. The molecule has 7 nitrogen and oxygen atoms in total. The van der Waals surface area contributed by atoms with E-state index in [4.69, 9.17) is 9.47 Å². The molecule has 1 aliphatic heterocycles. The van der Waals surface area contributed by atoms with Crippen molar-refractivity contribution >= 4 is 18.3 Å². The molecule has 1 N–H and O–H groups in total. The first-order valence-electron chi connectivity index (χ1n) is 7.93. The average Bonchev–Trinajstić information content (AvgIpc) is 3.05. The summed E-state index contributed by atoms with van der Waals surface area (Å²) in [5.74, 6) is 2.14. The van der Waals surface area contributed by atoms with Crippen molar-refractivity contribution in [3.63, 3.8) is 0 Å². The molecule has 1 aliphatic rings. The summed E-state index contributed by atoms with van der Waals surface area (Å²) in [6, 6.07) is 7.16. The van der Waals surface area contributed by atoms with E-state index in [0.717, 1.165) is 12.4 Å². The SMILES string of the molecule is COc1cccc(OCC(=O)N2CCNCC2c2nccn2C)c1.Cl. The second-order valence-electron chi connectivity index (χ2n) is 5.67. The van der Waals surface area contributed by atoms with Crippen molar-refractivity contribution in [1.29, 1.82) is 0 Å². The number of nitrogens with zero attached hydrogens (tertiary/aromatic N) is 3. The molecule has 136 valence electrons. The van der Waals surface area contributed by atoms with Crippen LogP contribution in [0.5, 0.6) is 11.5 Å². The molecule has 1 aromatic heterocycles. The largest absolute Gasteiger partial charge is 0.497 e. The Morgan fingerprint density at radius 3 is 2.92 bits per heavy atom. The standard InChI is InChI=1S/C17H22N4O3.ClH/c1-20-8-7-19-17(20)15-11-18-6-9-21(15)16(22)12-24-14-5-3-4-13(10-14)23-2;/h3-5,7-8,10,15,18H,6,9,11-12H2,1-2H3;1H. The van der Waals surface area contributed by atoms with Gasteiger partial charge in [-0.3, -0.25) is 4.79 Å². The molecule has 0 bridgehead atoms. The minimum atomic E-state index is -0.0832. The topological polar surface area (TPSA) is 68.6 Å². The highest BCUT2D eigenvalue weighted by Crippen LogP contribution is 2.22. The normalized spacial score (nSPS) is 16.9. The number of hydrogen-bond acceptors (Lipinski definition) is 5. The number of aromatic nitrogens is 2. The first kappa shape index (κ1) is 19.1. The van der Waals surface area contributed by atoms with Gasteiger partial charge in [0, 0.05) is 45.1 Å². The van der Waals surface area contributed by atoms with Crippen molar-refractivity contribution in [2.24, 2.45) is 7.05 Å². The van der Waals surface area contributed by atoms with Gasteiger partial charge in [0.15, 0.2) is 6.61 Å². The van der Waals surface area contributed by atoms with E-state index >= 15 is 0 Å². The number of carbonyl (C=O) groups is 1. The molecule has 2 aromatic rings. The van der Waals surface area contributed by atoms with Gasteiger partial charge < -0.3 is 24.3 Å². The number of methoxy groups -OCH3 is 1. The van der Waals surface area contributed by atoms with E-state index in [1.165, 1.54) is 0 Å². The molecule has 1 atom stereocenters. The Hall–Kier alpha value is -2.25. The van der Waals surface area contributed by atoms with Crippen LogP contribution >= 0.6 is 12.4 Å². The molecule has 2 heterocycles. The fourth-order valence-electron chi connectivity index (χ4n) is 2.85. The van der Waals surface area contributed by atoms with Crippen LogP contribution in [0.25, 0.3) is 0 Å². The highest BCUT2D eigenvalue weighted by atomic mass is 35.5. The number of ether oxygens (including phenoxy) is 2. The summed E-state index contributed by atoms with van der Waals surface area (Å²) in [7, 11) is 3.54. The molecule has 3 rings (SSSR count). The van der Waals surface area contributed by atoms with E-state index in [-0.39, 0.29) is 31.0 Å². The summed E-state index contributed by atoms with van der Waals surface area (Å²) < 4.78 is 12.7. The zero-order valence-electron chi connectivity index (χ0n) is 14.3. The molecule has 1 amide bonds. The van der Waals surface area contributed by atoms with Crippen molar-refractivity contribution in [2.45, 2.75) is 6.04 Å². The van der Waals surface area contributed by atoms with Crippen LogP contribution < -0.4 is 14.8 Å². The molecule has 25 heavy (non-hydrogen) atoms. The number of halogens is 1.